The van der Waals surface area contributed by atoms with Crippen LogP contribution in [0.5, 0.6) is 0 Å². The lowest BCUT2D eigenvalue weighted by molar-refractivity contribution is -0.384. The molecule has 0 unspecified atom stereocenters. The summed E-state index contributed by atoms with van der Waals surface area (Å²) >= 11 is 0. The quantitative estimate of drug-likeness (QED) is 0.487. The van der Waals surface area contributed by atoms with E-state index in [0.717, 1.165) is 30.5 Å². The van der Waals surface area contributed by atoms with Gasteiger partial charge in [-0.1, -0.05) is 32.6 Å². The van der Waals surface area contributed by atoms with Gasteiger partial charge in [-0.25, -0.2) is 0 Å². The standard InChI is InChI=1S/C15H23N3O2/c1-11-2-4-12(5-3-11)8-9-17-15-7-6-13(18(19)20)10-14(15)16/h6-7,10-12,17H,2-5,8-9,16H2,1H3. The molecule has 5 nitrogen and oxygen atoms in total. The maximum absolute atomic E-state index is 10.6. The van der Waals surface area contributed by atoms with E-state index >= 15 is 0 Å². The molecule has 0 aliphatic heterocycles. The van der Waals surface area contributed by atoms with Crippen molar-refractivity contribution < 1.29 is 4.92 Å². The summed E-state index contributed by atoms with van der Waals surface area (Å²) in [5.41, 5.74) is 7.10. The van der Waals surface area contributed by atoms with Crippen LogP contribution in [0.3, 0.4) is 0 Å². The zero-order valence-electron chi connectivity index (χ0n) is 12.0. The normalized spacial score (nSPS) is 22.4. The Kier molecular flexibility index (Phi) is 4.82. The lowest BCUT2D eigenvalue weighted by Gasteiger charge is -2.26. The van der Waals surface area contributed by atoms with Crippen LogP contribution in [0.4, 0.5) is 17.1 Å². The molecular weight excluding hydrogens is 254 g/mol. The van der Waals surface area contributed by atoms with E-state index in [1.807, 2.05) is 0 Å². The van der Waals surface area contributed by atoms with Crippen molar-refractivity contribution >= 4 is 17.1 Å². The fourth-order valence-electron chi connectivity index (χ4n) is 2.85. The zero-order valence-corrected chi connectivity index (χ0v) is 12.0. The average molecular weight is 277 g/mol. The first-order valence-electron chi connectivity index (χ1n) is 7.34. The van der Waals surface area contributed by atoms with Gasteiger partial charge in [-0.15, -0.1) is 0 Å². The molecule has 1 saturated carbocycles. The Morgan fingerprint density at radius 3 is 2.65 bits per heavy atom. The molecule has 0 spiro atoms. The molecule has 0 radical (unpaired) electrons. The predicted octanol–water partition coefficient (Wildman–Crippen LogP) is 3.81. The highest BCUT2D eigenvalue weighted by atomic mass is 16.6. The molecule has 1 aromatic carbocycles. The van der Waals surface area contributed by atoms with Crippen LogP contribution in [0.15, 0.2) is 18.2 Å². The molecular formula is C15H23N3O2. The van der Waals surface area contributed by atoms with E-state index in [9.17, 15) is 10.1 Å². The van der Waals surface area contributed by atoms with Crippen molar-refractivity contribution in [1.82, 2.24) is 0 Å². The summed E-state index contributed by atoms with van der Waals surface area (Å²) in [6, 6.07) is 4.59. The van der Waals surface area contributed by atoms with Gasteiger partial charge in [0.2, 0.25) is 0 Å². The minimum atomic E-state index is -0.427. The summed E-state index contributed by atoms with van der Waals surface area (Å²) in [7, 11) is 0. The molecule has 2 rings (SSSR count). The highest BCUT2D eigenvalue weighted by Crippen LogP contribution is 2.30. The lowest BCUT2D eigenvalue weighted by Crippen LogP contribution is -2.16. The number of non-ortho nitro benzene ring substituents is 1. The van der Waals surface area contributed by atoms with Crippen molar-refractivity contribution in [2.75, 3.05) is 17.6 Å². The Labute approximate surface area is 119 Å². The van der Waals surface area contributed by atoms with Crippen LogP contribution in [0, 0.1) is 22.0 Å². The summed E-state index contributed by atoms with van der Waals surface area (Å²) in [5.74, 6) is 1.68. The predicted molar refractivity (Wildman–Crippen MR) is 81.7 cm³/mol. The van der Waals surface area contributed by atoms with Gasteiger partial charge < -0.3 is 11.1 Å². The molecule has 0 heterocycles. The SMILES string of the molecule is CC1CCC(CCNc2ccc([N+](=O)[O-])cc2N)CC1. The van der Waals surface area contributed by atoms with Crippen LogP contribution in [0.2, 0.25) is 0 Å². The highest BCUT2D eigenvalue weighted by Gasteiger charge is 2.17. The number of hydrogen-bond donors (Lipinski definition) is 2. The minimum Gasteiger partial charge on any atom is -0.397 e. The molecule has 0 amide bonds. The molecule has 1 aliphatic rings. The summed E-state index contributed by atoms with van der Waals surface area (Å²) in [5, 5.41) is 13.9. The Morgan fingerprint density at radius 1 is 1.35 bits per heavy atom. The molecule has 0 atom stereocenters. The van der Waals surface area contributed by atoms with Crippen LogP contribution in [0.1, 0.15) is 39.0 Å². The van der Waals surface area contributed by atoms with Gasteiger partial charge in [-0.05, 0) is 24.3 Å². The number of benzene rings is 1. The minimum absolute atomic E-state index is 0.0364. The van der Waals surface area contributed by atoms with Crippen LogP contribution in [-0.4, -0.2) is 11.5 Å². The fraction of sp³-hybridized carbons (Fsp3) is 0.600. The van der Waals surface area contributed by atoms with Gasteiger partial charge in [0.1, 0.15) is 0 Å². The van der Waals surface area contributed by atoms with E-state index in [4.69, 9.17) is 5.73 Å². The second-order valence-corrected chi connectivity index (χ2v) is 5.87. The molecule has 1 aromatic rings. The number of nitro groups is 1. The first kappa shape index (κ1) is 14.6. The number of hydrogen-bond acceptors (Lipinski definition) is 4. The molecule has 0 saturated heterocycles. The third kappa shape index (κ3) is 3.85. The molecule has 1 fully saturated rings. The average Bonchev–Trinajstić information content (AvgIpc) is 2.42. The van der Waals surface area contributed by atoms with E-state index in [2.05, 4.69) is 12.2 Å². The first-order chi connectivity index (χ1) is 9.56. The topological polar surface area (TPSA) is 81.2 Å². The van der Waals surface area contributed by atoms with Gasteiger partial charge in [0.25, 0.3) is 5.69 Å². The number of nitrogen functional groups attached to an aromatic ring is 1. The second kappa shape index (κ2) is 6.59. The maximum atomic E-state index is 10.6. The Hall–Kier alpha value is -1.78. The Bertz CT molecular complexity index is 468. The Balaban J connectivity index is 1.81. The highest BCUT2D eigenvalue weighted by molar-refractivity contribution is 5.69. The van der Waals surface area contributed by atoms with E-state index in [1.165, 1.54) is 37.8 Å². The molecule has 0 bridgehead atoms. The van der Waals surface area contributed by atoms with Gasteiger partial charge in [-0.2, -0.15) is 0 Å². The summed E-state index contributed by atoms with van der Waals surface area (Å²) in [4.78, 5) is 10.2. The third-order valence-electron chi connectivity index (χ3n) is 4.25. The number of anilines is 2. The number of rotatable bonds is 5. The monoisotopic (exact) mass is 277 g/mol. The van der Waals surface area contributed by atoms with Crippen molar-refractivity contribution in [2.24, 2.45) is 11.8 Å². The number of nitrogens with one attached hydrogen (secondary N) is 1. The summed E-state index contributed by atoms with van der Waals surface area (Å²) in [6.07, 6.45) is 6.45. The zero-order chi connectivity index (χ0) is 14.5. The van der Waals surface area contributed by atoms with E-state index in [-0.39, 0.29) is 5.69 Å². The second-order valence-electron chi connectivity index (χ2n) is 5.87. The van der Waals surface area contributed by atoms with Gasteiger partial charge in [0, 0.05) is 18.7 Å². The first-order valence-corrected chi connectivity index (χ1v) is 7.34. The fourth-order valence-corrected chi connectivity index (χ4v) is 2.85. The van der Waals surface area contributed by atoms with Crippen molar-refractivity contribution in [3.8, 4) is 0 Å². The van der Waals surface area contributed by atoms with E-state index < -0.39 is 4.92 Å². The van der Waals surface area contributed by atoms with Gasteiger partial charge in [0.15, 0.2) is 0 Å². The molecule has 1 aliphatic carbocycles. The lowest BCUT2D eigenvalue weighted by atomic mass is 9.81. The summed E-state index contributed by atoms with van der Waals surface area (Å²) < 4.78 is 0. The van der Waals surface area contributed by atoms with Crippen LogP contribution in [0.25, 0.3) is 0 Å². The number of nitrogens with two attached hydrogens (primary N) is 1. The smallest absolute Gasteiger partial charge is 0.271 e. The van der Waals surface area contributed by atoms with Crippen molar-refractivity contribution in [1.29, 1.82) is 0 Å². The van der Waals surface area contributed by atoms with Crippen LogP contribution in [-0.2, 0) is 0 Å². The van der Waals surface area contributed by atoms with Gasteiger partial charge >= 0.3 is 0 Å². The molecule has 20 heavy (non-hydrogen) atoms. The van der Waals surface area contributed by atoms with Gasteiger partial charge in [-0.3, -0.25) is 10.1 Å². The largest absolute Gasteiger partial charge is 0.397 e. The molecule has 0 aromatic heterocycles. The third-order valence-corrected chi connectivity index (χ3v) is 4.25. The van der Waals surface area contributed by atoms with Crippen molar-refractivity contribution in [3.63, 3.8) is 0 Å². The molecule has 3 N–H and O–H groups in total. The van der Waals surface area contributed by atoms with Crippen molar-refractivity contribution in [2.45, 2.75) is 39.0 Å². The number of nitro benzene ring substituents is 1. The van der Waals surface area contributed by atoms with Crippen LogP contribution >= 0.6 is 0 Å². The molecule has 5 heteroatoms. The summed E-state index contributed by atoms with van der Waals surface area (Å²) in [6.45, 7) is 3.20. The van der Waals surface area contributed by atoms with E-state index in [1.54, 1.807) is 6.07 Å². The van der Waals surface area contributed by atoms with E-state index in [0.29, 0.717) is 5.69 Å². The molecule has 110 valence electrons. The number of nitrogens with zero attached hydrogens (tertiary/aromatic N) is 1. The van der Waals surface area contributed by atoms with Gasteiger partial charge in [0.05, 0.1) is 16.3 Å². The van der Waals surface area contributed by atoms with Crippen LogP contribution < -0.4 is 11.1 Å². The Morgan fingerprint density at radius 2 is 2.05 bits per heavy atom. The van der Waals surface area contributed by atoms with Crippen molar-refractivity contribution in [3.05, 3.63) is 28.3 Å². The maximum Gasteiger partial charge on any atom is 0.271 e.